The molecule has 3 N–H and O–H groups in total. The molecule has 0 radical (unpaired) electrons. The summed E-state index contributed by atoms with van der Waals surface area (Å²) < 4.78 is 26.1. The van der Waals surface area contributed by atoms with Gasteiger partial charge in [-0.3, -0.25) is 4.79 Å². The number of carbonyl (C=O) groups excluding carboxylic acids is 1. The molecule has 0 saturated carbocycles. The molecule has 0 aromatic heterocycles. The first kappa shape index (κ1) is 17.6. The Morgan fingerprint density at radius 1 is 1.33 bits per heavy atom. The van der Waals surface area contributed by atoms with Gasteiger partial charge in [-0.1, -0.05) is 31.2 Å². The highest BCUT2D eigenvalue weighted by Crippen LogP contribution is 2.13. The molecule has 0 fully saturated rings. The molecule has 0 bridgehead atoms. The Morgan fingerprint density at radius 2 is 2.00 bits per heavy atom. The van der Waals surface area contributed by atoms with Crippen LogP contribution in [0.3, 0.4) is 0 Å². The molecule has 118 valence electrons. The Morgan fingerprint density at radius 3 is 2.57 bits per heavy atom. The van der Waals surface area contributed by atoms with Gasteiger partial charge in [0, 0.05) is 20.1 Å². The summed E-state index contributed by atoms with van der Waals surface area (Å²) in [6.07, 6.45) is 0.652. The van der Waals surface area contributed by atoms with Crippen molar-refractivity contribution >= 4 is 15.9 Å². The monoisotopic (exact) mass is 313 g/mol. The molecule has 1 aromatic carbocycles. The maximum Gasteiger partial charge on any atom is 0.235 e. The Hall–Kier alpha value is -1.44. The van der Waals surface area contributed by atoms with Crippen molar-refractivity contribution in [2.45, 2.75) is 25.6 Å². The summed E-state index contributed by atoms with van der Waals surface area (Å²) in [5, 5.41) is 2.45. The molecule has 0 atom stereocenters. The van der Waals surface area contributed by atoms with Crippen LogP contribution in [-0.2, 0) is 27.1 Å². The van der Waals surface area contributed by atoms with E-state index in [0.29, 0.717) is 25.1 Å². The van der Waals surface area contributed by atoms with Crippen LogP contribution in [0.25, 0.3) is 0 Å². The van der Waals surface area contributed by atoms with Gasteiger partial charge in [0.05, 0.1) is 12.3 Å². The second kappa shape index (κ2) is 8.11. The molecule has 1 amide bonds. The molecule has 0 heterocycles. The average Bonchev–Trinajstić information content (AvgIpc) is 2.46. The molecule has 0 unspecified atom stereocenters. The highest BCUT2D eigenvalue weighted by atomic mass is 32.2. The van der Waals surface area contributed by atoms with Crippen LogP contribution in [0.4, 0.5) is 0 Å². The van der Waals surface area contributed by atoms with Gasteiger partial charge < -0.3 is 11.1 Å². The van der Waals surface area contributed by atoms with Crippen LogP contribution in [0.2, 0.25) is 0 Å². The molecular formula is C14H23N3O3S. The molecule has 6 nitrogen and oxygen atoms in total. The SMILES string of the molecule is CCCN(CC(=O)NC)S(=O)(=O)Cc1cccc(CN)c1. The van der Waals surface area contributed by atoms with Crippen LogP contribution in [0.15, 0.2) is 24.3 Å². The number of hydrogen-bond acceptors (Lipinski definition) is 4. The minimum Gasteiger partial charge on any atom is -0.358 e. The van der Waals surface area contributed by atoms with Crippen molar-refractivity contribution in [3.05, 3.63) is 35.4 Å². The molecule has 0 saturated heterocycles. The van der Waals surface area contributed by atoms with E-state index in [1.54, 1.807) is 18.2 Å². The number of amides is 1. The first-order chi connectivity index (χ1) is 9.92. The van der Waals surface area contributed by atoms with Crippen molar-refractivity contribution in [2.75, 3.05) is 20.1 Å². The van der Waals surface area contributed by atoms with E-state index < -0.39 is 10.0 Å². The number of sulfonamides is 1. The minimum atomic E-state index is -3.54. The molecule has 1 rings (SSSR count). The number of nitrogens with zero attached hydrogens (tertiary/aromatic N) is 1. The lowest BCUT2D eigenvalue weighted by molar-refractivity contribution is -0.120. The first-order valence-corrected chi connectivity index (χ1v) is 8.50. The van der Waals surface area contributed by atoms with Crippen LogP contribution < -0.4 is 11.1 Å². The molecule has 21 heavy (non-hydrogen) atoms. The maximum absolute atomic E-state index is 12.5. The lowest BCUT2D eigenvalue weighted by atomic mass is 10.1. The summed E-state index contributed by atoms with van der Waals surface area (Å²) in [6, 6.07) is 7.17. The van der Waals surface area contributed by atoms with Gasteiger partial charge in [-0.2, -0.15) is 4.31 Å². The normalized spacial score (nSPS) is 11.6. The Labute approximate surface area is 126 Å². The van der Waals surface area contributed by atoms with Gasteiger partial charge in [-0.15, -0.1) is 0 Å². The molecule has 1 aromatic rings. The average molecular weight is 313 g/mol. The topological polar surface area (TPSA) is 92.5 Å². The lowest BCUT2D eigenvalue weighted by Crippen LogP contribution is -2.40. The second-order valence-electron chi connectivity index (χ2n) is 4.79. The van der Waals surface area contributed by atoms with Gasteiger partial charge >= 0.3 is 0 Å². The zero-order valence-corrected chi connectivity index (χ0v) is 13.3. The van der Waals surface area contributed by atoms with Crippen LogP contribution in [0.1, 0.15) is 24.5 Å². The third-order valence-electron chi connectivity index (χ3n) is 3.04. The summed E-state index contributed by atoms with van der Waals surface area (Å²) in [4.78, 5) is 11.5. The third-order valence-corrected chi connectivity index (χ3v) is 4.84. The van der Waals surface area contributed by atoms with Crippen LogP contribution >= 0.6 is 0 Å². The first-order valence-electron chi connectivity index (χ1n) is 6.89. The van der Waals surface area contributed by atoms with E-state index in [4.69, 9.17) is 5.73 Å². The van der Waals surface area contributed by atoms with E-state index in [1.807, 2.05) is 13.0 Å². The van der Waals surface area contributed by atoms with E-state index in [1.165, 1.54) is 11.4 Å². The van der Waals surface area contributed by atoms with Gasteiger partial charge in [0.15, 0.2) is 0 Å². The third kappa shape index (κ3) is 5.45. The highest BCUT2D eigenvalue weighted by molar-refractivity contribution is 7.88. The van der Waals surface area contributed by atoms with Crippen molar-refractivity contribution < 1.29 is 13.2 Å². The van der Waals surface area contributed by atoms with Crippen LogP contribution in [0, 0.1) is 0 Å². The van der Waals surface area contributed by atoms with Crippen molar-refractivity contribution in [3.63, 3.8) is 0 Å². The summed E-state index contributed by atoms with van der Waals surface area (Å²) in [7, 11) is -2.05. The van der Waals surface area contributed by atoms with Gasteiger partial charge in [-0.05, 0) is 17.5 Å². The predicted octanol–water partition coefficient (Wildman–Crippen LogP) is 0.433. The highest BCUT2D eigenvalue weighted by Gasteiger charge is 2.23. The number of rotatable bonds is 8. The molecular weight excluding hydrogens is 290 g/mol. The van der Waals surface area contributed by atoms with Crippen molar-refractivity contribution in [3.8, 4) is 0 Å². The molecule has 7 heteroatoms. The van der Waals surface area contributed by atoms with E-state index >= 15 is 0 Å². The van der Waals surface area contributed by atoms with Crippen LogP contribution in [0.5, 0.6) is 0 Å². The second-order valence-corrected chi connectivity index (χ2v) is 6.76. The van der Waals surface area contributed by atoms with E-state index in [0.717, 1.165) is 5.56 Å². The summed E-state index contributed by atoms with van der Waals surface area (Å²) in [6.45, 7) is 2.42. The summed E-state index contributed by atoms with van der Waals surface area (Å²) >= 11 is 0. The number of nitrogens with one attached hydrogen (secondary N) is 1. The maximum atomic E-state index is 12.5. The molecule has 0 aliphatic carbocycles. The van der Waals surface area contributed by atoms with Crippen molar-refractivity contribution in [1.29, 1.82) is 0 Å². The fourth-order valence-corrected chi connectivity index (χ4v) is 3.51. The number of likely N-dealkylation sites (N-methyl/N-ethyl adjacent to an activating group) is 1. The quantitative estimate of drug-likeness (QED) is 0.728. The smallest absolute Gasteiger partial charge is 0.235 e. The Balaban J connectivity index is 2.91. The lowest BCUT2D eigenvalue weighted by Gasteiger charge is -2.21. The zero-order chi connectivity index (χ0) is 15.9. The molecule has 0 aliphatic heterocycles. The van der Waals surface area contributed by atoms with Gasteiger partial charge in [0.2, 0.25) is 15.9 Å². The van der Waals surface area contributed by atoms with Gasteiger partial charge in [0.25, 0.3) is 0 Å². The molecule has 0 aliphatic rings. The largest absolute Gasteiger partial charge is 0.358 e. The van der Waals surface area contributed by atoms with Gasteiger partial charge in [-0.25, -0.2) is 8.42 Å². The number of benzene rings is 1. The van der Waals surface area contributed by atoms with Crippen LogP contribution in [-0.4, -0.2) is 38.8 Å². The van der Waals surface area contributed by atoms with E-state index in [-0.39, 0.29) is 18.2 Å². The van der Waals surface area contributed by atoms with Crippen molar-refractivity contribution in [1.82, 2.24) is 9.62 Å². The minimum absolute atomic E-state index is 0.127. The number of nitrogens with two attached hydrogens (primary N) is 1. The van der Waals surface area contributed by atoms with E-state index in [2.05, 4.69) is 5.32 Å². The fourth-order valence-electron chi connectivity index (χ4n) is 1.95. The summed E-state index contributed by atoms with van der Waals surface area (Å²) in [5.41, 5.74) is 7.12. The fraction of sp³-hybridized carbons (Fsp3) is 0.500. The predicted molar refractivity (Wildman–Crippen MR) is 82.9 cm³/mol. The van der Waals surface area contributed by atoms with Crippen molar-refractivity contribution in [2.24, 2.45) is 5.73 Å². The number of hydrogen-bond donors (Lipinski definition) is 2. The number of carbonyl (C=O) groups is 1. The van der Waals surface area contributed by atoms with E-state index in [9.17, 15) is 13.2 Å². The zero-order valence-electron chi connectivity index (χ0n) is 12.5. The van der Waals surface area contributed by atoms with Gasteiger partial charge in [0.1, 0.15) is 0 Å². The summed E-state index contributed by atoms with van der Waals surface area (Å²) in [5.74, 6) is -0.444. The Kier molecular flexibility index (Phi) is 6.80. The Bertz CT molecular complexity index is 573. The standard InChI is InChI=1S/C14H23N3O3S/c1-3-7-17(10-14(18)16-2)21(19,20)11-13-6-4-5-12(8-13)9-15/h4-6,8H,3,7,9-11,15H2,1-2H3,(H,16,18). The molecule has 0 spiro atoms.